The van der Waals surface area contributed by atoms with Crippen LogP contribution in [0.5, 0.6) is 0 Å². The summed E-state index contributed by atoms with van der Waals surface area (Å²) in [6.45, 7) is 9.77. The van der Waals surface area contributed by atoms with Crippen LogP contribution in [-0.2, 0) is 6.42 Å². The molecule has 2 rings (SSSR count). The molecule has 4 nitrogen and oxygen atoms in total. The summed E-state index contributed by atoms with van der Waals surface area (Å²) in [6.07, 6.45) is 2.04. The Morgan fingerprint density at radius 3 is 2.71 bits per heavy atom. The first-order valence-corrected chi connectivity index (χ1v) is 6.67. The summed E-state index contributed by atoms with van der Waals surface area (Å²) in [4.78, 5) is 4.51. The van der Waals surface area contributed by atoms with Crippen LogP contribution in [0.1, 0.15) is 51.7 Å². The van der Waals surface area contributed by atoms with Gasteiger partial charge in [0.2, 0.25) is 5.89 Å². The zero-order valence-corrected chi connectivity index (χ0v) is 11.2. The predicted molar refractivity (Wildman–Crippen MR) is 66.8 cm³/mol. The van der Waals surface area contributed by atoms with Crippen molar-refractivity contribution in [3.05, 3.63) is 11.7 Å². The summed E-state index contributed by atoms with van der Waals surface area (Å²) in [5, 5.41) is 7.55. The molecule has 0 aliphatic heterocycles. The van der Waals surface area contributed by atoms with E-state index in [1.165, 1.54) is 6.42 Å². The minimum atomic E-state index is 0.421. The molecular weight excluding hydrogens is 214 g/mol. The van der Waals surface area contributed by atoms with Crippen molar-refractivity contribution < 1.29 is 4.52 Å². The molecule has 4 heteroatoms. The van der Waals surface area contributed by atoms with E-state index in [9.17, 15) is 0 Å². The van der Waals surface area contributed by atoms with Gasteiger partial charge in [0.1, 0.15) is 0 Å². The molecule has 0 spiro atoms. The van der Waals surface area contributed by atoms with Crippen molar-refractivity contribution in [3.8, 4) is 0 Å². The van der Waals surface area contributed by atoms with E-state index in [1.54, 1.807) is 0 Å². The second kappa shape index (κ2) is 5.17. The summed E-state index contributed by atoms with van der Waals surface area (Å²) < 4.78 is 5.34. The highest BCUT2D eigenvalue weighted by atomic mass is 16.5. The minimum absolute atomic E-state index is 0.421. The normalized spacial score (nSPS) is 25.2. The lowest BCUT2D eigenvalue weighted by molar-refractivity contribution is 0.327. The molecule has 17 heavy (non-hydrogen) atoms. The van der Waals surface area contributed by atoms with Crippen molar-refractivity contribution in [1.82, 2.24) is 15.5 Å². The number of nitrogens with one attached hydrogen (secondary N) is 1. The maximum atomic E-state index is 5.34. The Bertz CT molecular complexity index is 361. The average molecular weight is 237 g/mol. The fourth-order valence-electron chi connectivity index (χ4n) is 2.18. The van der Waals surface area contributed by atoms with Crippen molar-refractivity contribution in [2.75, 3.05) is 6.54 Å². The topological polar surface area (TPSA) is 51.0 Å². The second-order valence-electron chi connectivity index (χ2n) is 5.48. The molecule has 0 bridgehead atoms. The van der Waals surface area contributed by atoms with Crippen LogP contribution in [0.25, 0.3) is 0 Å². The summed E-state index contributed by atoms with van der Waals surface area (Å²) >= 11 is 0. The molecule has 1 aliphatic carbocycles. The molecule has 1 fully saturated rings. The fourth-order valence-corrected chi connectivity index (χ4v) is 2.18. The average Bonchev–Trinajstić information content (AvgIpc) is 2.83. The van der Waals surface area contributed by atoms with Crippen molar-refractivity contribution in [2.24, 2.45) is 11.8 Å². The van der Waals surface area contributed by atoms with Crippen molar-refractivity contribution >= 4 is 0 Å². The van der Waals surface area contributed by atoms with E-state index in [4.69, 9.17) is 4.52 Å². The van der Waals surface area contributed by atoms with Crippen LogP contribution in [0.2, 0.25) is 0 Å². The molecule has 3 unspecified atom stereocenters. The molecule has 1 N–H and O–H groups in total. The highest BCUT2D eigenvalue weighted by molar-refractivity contribution is 5.07. The highest BCUT2D eigenvalue weighted by Gasteiger charge is 2.38. The van der Waals surface area contributed by atoms with E-state index < -0.39 is 0 Å². The smallest absolute Gasteiger partial charge is 0.228 e. The molecule has 1 saturated carbocycles. The van der Waals surface area contributed by atoms with Gasteiger partial charge < -0.3 is 9.84 Å². The molecule has 0 radical (unpaired) electrons. The quantitative estimate of drug-likeness (QED) is 0.825. The maximum absolute atomic E-state index is 5.34. The van der Waals surface area contributed by atoms with Gasteiger partial charge in [0.25, 0.3) is 0 Å². The standard InChI is InChI=1S/C13H23N3O/c1-5-14-11(8(2)3)7-12-15-13(16-17-12)10-6-9(10)4/h8-11,14H,5-7H2,1-4H3. The second-order valence-corrected chi connectivity index (χ2v) is 5.48. The molecule has 0 saturated heterocycles. The Morgan fingerprint density at radius 2 is 2.18 bits per heavy atom. The molecule has 1 heterocycles. The Balaban J connectivity index is 1.95. The zero-order chi connectivity index (χ0) is 12.4. The van der Waals surface area contributed by atoms with Gasteiger partial charge in [0.15, 0.2) is 5.82 Å². The monoisotopic (exact) mass is 237 g/mol. The SMILES string of the molecule is CCNC(Cc1nc(C2CC2C)no1)C(C)C. The van der Waals surface area contributed by atoms with Crippen molar-refractivity contribution in [2.45, 2.75) is 52.5 Å². The van der Waals surface area contributed by atoms with Crippen LogP contribution in [-0.4, -0.2) is 22.7 Å². The first kappa shape index (κ1) is 12.6. The van der Waals surface area contributed by atoms with E-state index in [-0.39, 0.29) is 0 Å². The Labute approximate surface area is 103 Å². The summed E-state index contributed by atoms with van der Waals surface area (Å²) in [7, 11) is 0. The summed E-state index contributed by atoms with van der Waals surface area (Å²) in [5.74, 6) is 3.54. The lowest BCUT2D eigenvalue weighted by Crippen LogP contribution is -2.35. The Hall–Kier alpha value is -0.900. The molecule has 3 atom stereocenters. The number of hydrogen-bond donors (Lipinski definition) is 1. The lowest BCUT2D eigenvalue weighted by atomic mass is 10.0. The molecule has 1 aromatic rings. The summed E-state index contributed by atoms with van der Waals surface area (Å²) in [5.41, 5.74) is 0. The van der Waals surface area contributed by atoms with Crippen molar-refractivity contribution in [3.63, 3.8) is 0 Å². The highest BCUT2D eigenvalue weighted by Crippen LogP contribution is 2.45. The largest absolute Gasteiger partial charge is 0.339 e. The molecule has 0 amide bonds. The van der Waals surface area contributed by atoms with Crippen LogP contribution < -0.4 is 5.32 Å². The number of rotatable bonds is 6. The van der Waals surface area contributed by atoms with Gasteiger partial charge in [0.05, 0.1) is 0 Å². The van der Waals surface area contributed by atoms with Gasteiger partial charge in [0, 0.05) is 18.4 Å². The van der Waals surface area contributed by atoms with Gasteiger partial charge in [-0.05, 0) is 24.8 Å². The lowest BCUT2D eigenvalue weighted by Gasteiger charge is -2.19. The third-order valence-electron chi connectivity index (χ3n) is 3.59. The van der Waals surface area contributed by atoms with Gasteiger partial charge in [-0.2, -0.15) is 4.98 Å². The van der Waals surface area contributed by atoms with Crippen LogP contribution in [0.15, 0.2) is 4.52 Å². The summed E-state index contributed by atoms with van der Waals surface area (Å²) in [6, 6.07) is 0.421. The van der Waals surface area contributed by atoms with Gasteiger partial charge in [-0.15, -0.1) is 0 Å². The molecule has 96 valence electrons. The van der Waals surface area contributed by atoms with E-state index in [1.807, 2.05) is 0 Å². The Morgan fingerprint density at radius 1 is 1.47 bits per heavy atom. The van der Waals surface area contributed by atoms with E-state index in [0.29, 0.717) is 17.9 Å². The predicted octanol–water partition coefficient (Wildman–Crippen LogP) is 2.37. The number of likely N-dealkylation sites (N-methyl/N-ethyl adjacent to an activating group) is 1. The van der Waals surface area contributed by atoms with E-state index in [2.05, 4.69) is 43.2 Å². The third kappa shape index (κ3) is 3.06. The van der Waals surface area contributed by atoms with E-state index in [0.717, 1.165) is 30.6 Å². The number of aromatic nitrogens is 2. The molecular formula is C13H23N3O. The minimum Gasteiger partial charge on any atom is -0.339 e. The third-order valence-corrected chi connectivity index (χ3v) is 3.59. The molecule has 1 aliphatic rings. The molecule has 0 aromatic carbocycles. The van der Waals surface area contributed by atoms with Gasteiger partial charge in [-0.1, -0.05) is 32.9 Å². The Kier molecular flexibility index (Phi) is 3.82. The van der Waals surface area contributed by atoms with E-state index >= 15 is 0 Å². The van der Waals surface area contributed by atoms with Crippen LogP contribution >= 0.6 is 0 Å². The maximum Gasteiger partial charge on any atom is 0.228 e. The van der Waals surface area contributed by atoms with Crippen LogP contribution in [0.3, 0.4) is 0 Å². The van der Waals surface area contributed by atoms with Crippen molar-refractivity contribution in [1.29, 1.82) is 0 Å². The zero-order valence-electron chi connectivity index (χ0n) is 11.2. The first-order valence-electron chi connectivity index (χ1n) is 6.67. The fraction of sp³-hybridized carbons (Fsp3) is 0.846. The van der Waals surface area contributed by atoms with Gasteiger partial charge in [-0.3, -0.25) is 0 Å². The van der Waals surface area contributed by atoms with Gasteiger partial charge in [-0.25, -0.2) is 0 Å². The van der Waals surface area contributed by atoms with Gasteiger partial charge >= 0.3 is 0 Å². The number of hydrogen-bond acceptors (Lipinski definition) is 4. The molecule has 1 aromatic heterocycles. The van der Waals surface area contributed by atoms with Crippen LogP contribution in [0.4, 0.5) is 0 Å². The first-order chi connectivity index (χ1) is 8.11. The number of nitrogens with zero attached hydrogens (tertiary/aromatic N) is 2. The van der Waals surface area contributed by atoms with Crippen LogP contribution in [0, 0.1) is 11.8 Å².